The predicted octanol–water partition coefficient (Wildman–Crippen LogP) is 5.24. The van der Waals surface area contributed by atoms with E-state index in [1.807, 2.05) is 0 Å². The van der Waals surface area contributed by atoms with Crippen LogP contribution in [-0.4, -0.2) is 0 Å². The van der Waals surface area contributed by atoms with E-state index in [-0.39, 0.29) is 0 Å². The standard InChI is InChI=1S/C16H17Cl/c1-10-5-11(2)7-14(6-10)15-8-12(3)16(17)13(4)9-15/h5-9H,1-4H3. The normalized spacial score (nSPS) is 10.6. The average Bonchev–Trinajstić information content (AvgIpc) is 2.23. The van der Waals surface area contributed by atoms with Gasteiger partial charge in [0.2, 0.25) is 0 Å². The van der Waals surface area contributed by atoms with E-state index in [0.717, 1.165) is 16.1 Å². The summed E-state index contributed by atoms with van der Waals surface area (Å²) in [6, 6.07) is 10.9. The quantitative estimate of drug-likeness (QED) is 0.644. The third kappa shape index (κ3) is 2.53. The molecule has 0 saturated heterocycles. The maximum absolute atomic E-state index is 6.20. The maximum atomic E-state index is 6.20. The number of hydrogen-bond acceptors (Lipinski definition) is 0. The van der Waals surface area contributed by atoms with Crippen LogP contribution in [-0.2, 0) is 0 Å². The van der Waals surface area contributed by atoms with E-state index in [9.17, 15) is 0 Å². The van der Waals surface area contributed by atoms with Gasteiger partial charge in [-0.3, -0.25) is 0 Å². The van der Waals surface area contributed by atoms with Crippen molar-refractivity contribution < 1.29 is 0 Å². The van der Waals surface area contributed by atoms with Crippen LogP contribution in [0.4, 0.5) is 0 Å². The highest BCUT2D eigenvalue weighted by Gasteiger charge is 2.05. The summed E-state index contributed by atoms with van der Waals surface area (Å²) in [4.78, 5) is 0. The summed E-state index contributed by atoms with van der Waals surface area (Å²) in [5.74, 6) is 0. The molecule has 0 heterocycles. The largest absolute Gasteiger partial charge is 0.0838 e. The van der Waals surface area contributed by atoms with Crippen LogP contribution >= 0.6 is 11.6 Å². The third-order valence-corrected chi connectivity index (χ3v) is 3.59. The molecule has 0 saturated carbocycles. The third-order valence-electron chi connectivity index (χ3n) is 2.99. The fraction of sp³-hybridized carbons (Fsp3) is 0.250. The molecule has 0 radical (unpaired) electrons. The monoisotopic (exact) mass is 244 g/mol. The second-order valence-corrected chi connectivity index (χ2v) is 5.18. The van der Waals surface area contributed by atoms with Gasteiger partial charge in [-0.05, 0) is 62.1 Å². The zero-order chi connectivity index (χ0) is 12.6. The molecule has 17 heavy (non-hydrogen) atoms. The molecule has 0 aliphatic rings. The minimum Gasteiger partial charge on any atom is -0.0838 e. The van der Waals surface area contributed by atoms with Crippen LogP contribution in [0.2, 0.25) is 5.02 Å². The van der Waals surface area contributed by atoms with Gasteiger partial charge in [0, 0.05) is 5.02 Å². The first-order valence-corrected chi connectivity index (χ1v) is 6.20. The summed E-state index contributed by atoms with van der Waals surface area (Å²) in [6.45, 7) is 8.38. The van der Waals surface area contributed by atoms with Crippen molar-refractivity contribution >= 4 is 11.6 Å². The lowest BCUT2D eigenvalue weighted by atomic mass is 9.97. The van der Waals surface area contributed by atoms with Crippen molar-refractivity contribution in [2.75, 3.05) is 0 Å². The number of benzene rings is 2. The molecule has 2 aromatic carbocycles. The van der Waals surface area contributed by atoms with Gasteiger partial charge < -0.3 is 0 Å². The Morgan fingerprint density at radius 2 is 1.06 bits per heavy atom. The smallest absolute Gasteiger partial charge is 0.0464 e. The fourth-order valence-corrected chi connectivity index (χ4v) is 2.36. The summed E-state index contributed by atoms with van der Waals surface area (Å²) in [6.07, 6.45) is 0. The molecular weight excluding hydrogens is 228 g/mol. The van der Waals surface area contributed by atoms with E-state index in [1.165, 1.54) is 22.3 Å². The highest BCUT2D eigenvalue weighted by molar-refractivity contribution is 6.32. The number of halogens is 1. The van der Waals surface area contributed by atoms with Crippen LogP contribution in [0.25, 0.3) is 11.1 Å². The second-order valence-electron chi connectivity index (χ2n) is 4.80. The van der Waals surface area contributed by atoms with Crippen molar-refractivity contribution in [2.24, 2.45) is 0 Å². The van der Waals surface area contributed by atoms with Gasteiger partial charge in [0.25, 0.3) is 0 Å². The lowest BCUT2D eigenvalue weighted by Gasteiger charge is -2.09. The van der Waals surface area contributed by atoms with Gasteiger partial charge in [-0.25, -0.2) is 0 Å². The van der Waals surface area contributed by atoms with Gasteiger partial charge in [-0.2, -0.15) is 0 Å². The summed E-state index contributed by atoms with van der Waals surface area (Å²) < 4.78 is 0. The Balaban J connectivity index is 2.60. The van der Waals surface area contributed by atoms with Crippen molar-refractivity contribution in [1.82, 2.24) is 0 Å². The van der Waals surface area contributed by atoms with E-state index >= 15 is 0 Å². The van der Waals surface area contributed by atoms with E-state index in [0.29, 0.717) is 0 Å². The maximum Gasteiger partial charge on any atom is 0.0464 e. The van der Waals surface area contributed by atoms with Crippen molar-refractivity contribution in [3.63, 3.8) is 0 Å². The Kier molecular flexibility index (Phi) is 3.26. The predicted molar refractivity (Wildman–Crippen MR) is 75.8 cm³/mol. The molecule has 0 bridgehead atoms. The number of hydrogen-bond donors (Lipinski definition) is 0. The zero-order valence-corrected chi connectivity index (χ0v) is 11.5. The van der Waals surface area contributed by atoms with Gasteiger partial charge in [0.05, 0.1) is 0 Å². The Morgan fingerprint density at radius 1 is 0.647 bits per heavy atom. The molecule has 0 unspecified atom stereocenters. The molecule has 0 fully saturated rings. The number of aryl methyl sites for hydroxylation is 4. The van der Waals surface area contributed by atoms with Gasteiger partial charge >= 0.3 is 0 Å². The van der Waals surface area contributed by atoms with E-state index in [4.69, 9.17) is 11.6 Å². The summed E-state index contributed by atoms with van der Waals surface area (Å²) >= 11 is 6.20. The van der Waals surface area contributed by atoms with Gasteiger partial charge in [0.1, 0.15) is 0 Å². The van der Waals surface area contributed by atoms with Crippen LogP contribution in [0, 0.1) is 27.7 Å². The molecule has 0 amide bonds. The molecule has 0 spiro atoms. The van der Waals surface area contributed by atoms with E-state index < -0.39 is 0 Å². The first kappa shape index (κ1) is 12.2. The molecule has 0 aliphatic carbocycles. The molecule has 0 N–H and O–H groups in total. The van der Waals surface area contributed by atoms with Crippen LogP contribution in [0.1, 0.15) is 22.3 Å². The summed E-state index contributed by atoms with van der Waals surface area (Å²) in [5, 5.41) is 0.873. The first-order chi connectivity index (χ1) is 7.97. The van der Waals surface area contributed by atoms with Crippen LogP contribution in [0.5, 0.6) is 0 Å². The summed E-state index contributed by atoms with van der Waals surface area (Å²) in [5.41, 5.74) is 7.39. The average molecular weight is 245 g/mol. The zero-order valence-electron chi connectivity index (χ0n) is 10.8. The highest BCUT2D eigenvalue weighted by Crippen LogP contribution is 2.29. The fourth-order valence-electron chi connectivity index (χ4n) is 2.25. The molecule has 2 rings (SSSR count). The molecule has 88 valence electrons. The lowest BCUT2D eigenvalue weighted by molar-refractivity contribution is 1.35. The van der Waals surface area contributed by atoms with Crippen molar-refractivity contribution in [3.05, 3.63) is 57.6 Å². The van der Waals surface area contributed by atoms with E-state index in [2.05, 4.69) is 58.0 Å². The first-order valence-electron chi connectivity index (χ1n) is 5.83. The summed E-state index contributed by atoms with van der Waals surface area (Å²) in [7, 11) is 0. The Labute approximate surface area is 108 Å². The van der Waals surface area contributed by atoms with E-state index in [1.54, 1.807) is 0 Å². The molecule has 0 nitrogen and oxygen atoms in total. The molecule has 0 aromatic heterocycles. The van der Waals surface area contributed by atoms with Crippen LogP contribution in [0.15, 0.2) is 30.3 Å². The van der Waals surface area contributed by atoms with Crippen LogP contribution in [0.3, 0.4) is 0 Å². The molecular formula is C16H17Cl. The Hall–Kier alpha value is -1.27. The minimum atomic E-state index is 0.873. The van der Waals surface area contributed by atoms with Gasteiger partial charge in [-0.1, -0.05) is 40.9 Å². The van der Waals surface area contributed by atoms with Crippen molar-refractivity contribution in [2.45, 2.75) is 27.7 Å². The van der Waals surface area contributed by atoms with Crippen molar-refractivity contribution in [1.29, 1.82) is 0 Å². The molecule has 1 heteroatoms. The van der Waals surface area contributed by atoms with Gasteiger partial charge in [-0.15, -0.1) is 0 Å². The van der Waals surface area contributed by atoms with Gasteiger partial charge in [0.15, 0.2) is 0 Å². The van der Waals surface area contributed by atoms with Crippen LogP contribution < -0.4 is 0 Å². The second kappa shape index (κ2) is 4.54. The molecule has 2 aromatic rings. The molecule has 0 aliphatic heterocycles. The topological polar surface area (TPSA) is 0 Å². The lowest BCUT2D eigenvalue weighted by Crippen LogP contribution is -1.87. The SMILES string of the molecule is Cc1cc(C)cc(-c2cc(C)c(Cl)c(C)c2)c1. The Morgan fingerprint density at radius 3 is 1.53 bits per heavy atom. The van der Waals surface area contributed by atoms with Crippen molar-refractivity contribution in [3.8, 4) is 11.1 Å². The molecule has 0 atom stereocenters. The number of rotatable bonds is 1. The minimum absolute atomic E-state index is 0.873. The highest BCUT2D eigenvalue weighted by atomic mass is 35.5. The Bertz CT molecular complexity index is 524.